The molecule has 0 unspecified atom stereocenters. The van der Waals surface area contributed by atoms with Crippen molar-refractivity contribution in [2.45, 2.75) is 37.3 Å². The normalized spacial score (nSPS) is 22.7. The van der Waals surface area contributed by atoms with E-state index in [2.05, 4.69) is 92.1 Å². The first-order valence-corrected chi connectivity index (χ1v) is 14.9. The third kappa shape index (κ3) is 2.21. The molecule has 1 aromatic heterocycles. The van der Waals surface area contributed by atoms with Crippen LogP contribution in [-0.2, 0) is 0 Å². The van der Waals surface area contributed by atoms with Gasteiger partial charge in [-0.3, -0.25) is 0 Å². The van der Waals surface area contributed by atoms with E-state index < -0.39 is 16.9 Å². The molecule has 2 heterocycles. The van der Waals surface area contributed by atoms with E-state index in [1.165, 1.54) is 4.70 Å². The van der Waals surface area contributed by atoms with Gasteiger partial charge in [0.1, 0.15) is 0 Å². The molecule has 3 heteroatoms. The highest BCUT2D eigenvalue weighted by Gasteiger charge is 2.51. The first-order chi connectivity index (χ1) is 11.0. The van der Waals surface area contributed by atoms with Gasteiger partial charge >= 0.3 is 0 Å². The van der Waals surface area contributed by atoms with Gasteiger partial charge in [-0.15, -0.1) is 11.3 Å². The number of fused-ring (bicyclic) bond motifs is 3. The Morgan fingerprint density at radius 3 is 2.26 bits per heavy atom. The summed E-state index contributed by atoms with van der Waals surface area (Å²) in [5.41, 5.74) is 3.10. The Labute approximate surface area is 145 Å². The van der Waals surface area contributed by atoms with E-state index >= 15 is 0 Å². The first kappa shape index (κ1) is 15.4. The highest BCUT2D eigenvalue weighted by atomic mass is 32.1. The van der Waals surface area contributed by atoms with Gasteiger partial charge in [0.15, 0.2) is 0 Å². The molecule has 2 aromatic carbocycles. The van der Waals surface area contributed by atoms with Crippen LogP contribution in [0.5, 0.6) is 0 Å². The molecule has 0 saturated carbocycles. The number of hydrogen-bond acceptors (Lipinski definition) is 1. The van der Waals surface area contributed by atoms with Gasteiger partial charge in [0.2, 0.25) is 0 Å². The van der Waals surface area contributed by atoms with Gasteiger partial charge in [-0.25, -0.2) is 0 Å². The zero-order valence-corrected chi connectivity index (χ0v) is 17.1. The van der Waals surface area contributed by atoms with Gasteiger partial charge in [-0.2, -0.15) is 0 Å². The fraction of sp³-hybridized carbons (Fsp3) is 0.300. The van der Waals surface area contributed by atoms with Gasteiger partial charge in [-0.05, 0) is 33.3 Å². The minimum absolute atomic E-state index is 0.392. The molecule has 2 atom stereocenters. The van der Waals surface area contributed by atoms with Gasteiger partial charge in [0.25, 0.3) is 0 Å². The minimum Gasteiger partial charge on any atom is -0.140 e. The molecule has 23 heavy (non-hydrogen) atoms. The molecule has 4 rings (SSSR count). The average Bonchev–Trinajstić information content (AvgIpc) is 3.01. The smallest absolute Gasteiger partial charge is 0.0906 e. The van der Waals surface area contributed by atoms with Crippen LogP contribution in [0.15, 0.2) is 54.6 Å². The summed E-state index contributed by atoms with van der Waals surface area (Å²) in [5, 5.41) is 3.32. The Hall–Kier alpha value is -1.17. The maximum atomic E-state index is 2.60. The van der Waals surface area contributed by atoms with Gasteiger partial charge < -0.3 is 0 Å². The molecule has 0 saturated heterocycles. The fourth-order valence-corrected chi connectivity index (χ4v) is 15.7. The minimum atomic E-state index is -1.53. The van der Waals surface area contributed by atoms with Crippen LogP contribution in [-0.4, -0.2) is 16.9 Å². The Kier molecular flexibility index (Phi) is 3.63. The number of rotatable bonds is 2. The lowest BCUT2D eigenvalue weighted by atomic mass is 10.1. The van der Waals surface area contributed by atoms with Crippen molar-refractivity contribution in [3.8, 4) is 0 Å². The summed E-state index contributed by atoms with van der Waals surface area (Å²) in [6.45, 7) is 10.2. The van der Waals surface area contributed by atoms with Crippen LogP contribution in [0.25, 0.3) is 10.1 Å². The van der Waals surface area contributed by atoms with E-state index in [0.717, 1.165) is 11.1 Å². The first-order valence-electron chi connectivity index (χ1n) is 8.38. The van der Waals surface area contributed by atoms with Crippen LogP contribution in [0, 0.1) is 0 Å². The zero-order chi connectivity index (χ0) is 16.2. The summed E-state index contributed by atoms with van der Waals surface area (Å²) in [7, 11) is -1.92. The summed E-state index contributed by atoms with van der Waals surface area (Å²) < 4.78 is 1.50. The van der Waals surface area contributed by atoms with Crippen LogP contribution in [0.3, 0.4) is 0 Å². The molecular weight excluding hydrogens is 328 g/mol. The van der Waals surface area contributed by atoms with E-state index in [1.807, 2.05) is 0 Å². The van der Waals surface area contributed by atoms with E-state index in [9.17, 15) is 0 Å². The molecule has 1 radical (unpaired) electrons. The highest BCUT2D eigenvalue weighted by molar-refractivity contribution is 7.23. The van der Waals surface area contributed by atoms with Crippen LogP contribution in [0.4, 0.5) is 0 Å². The quantitative estimate of drug-likeness (QED) is 0.532. The Balaban J connectivity index is 1.99. The molecule has 0 fully saturated rings. The van der Waals surface area contributed by atoms with Gasteiger partial charge in [0, 0.05) is 9.58 Å². The lowest BCUT2D eigenvalue weighted by molar-refractivity contribution is 0.871. The lowest BCUT2D eigenvalue weighted by Crippen LogP contribution is -2.44. The highest BCUT2D eigenvalue weighted by Crippen LogP contribution is 2.51. The molecule has 0 amide bonds. The topological polar surface area (TPSA) is 0 Å². The van der Waals surface area contributed by atoms with Crippen LogP contribution < -0.4 is 5.19 Å². The Morgan fingerprint density at radius 2 is 1.57 bits per heavy atom. The van der Waals surface area contributed by atoms with Crippen molar-refractivity contribution >= 4 is 43.5 Å². The van der Waals surface area contributed by atoms with E-state index in [0.29, 0.717) is 0 Å². The van der Waals surface area contributed by atoms with Gasteiger partial charge in [0.05, 0.1) is 16.9 Å². The molecule has 0 spiro atoms. The number of thiophene rings is 1. The van der Waals surface area contributed by atoms with Crippen LogP contribution >= 0.6 is 11.3 Å². The van der Waals surface area contributed by atoms with E-state index in [-0.39, 0.29) is 0 Å². The van der Waals surface area contributed by atoms with E-state index in [1.54, 1.807) is 21.0 Å². The largest absolute Gasteiger partial charge is 0.140 e. The summed E-state index contributed by atoms with van der Waals surface area (Å²) in [4.78, 5) is 1.73. The van der Waals surface area contributed by atoms with Crippen LogP contribution in [0.1, 0.15) is 21.5 Å². The molecular formula is C20H23SSi2. The summed E-state index contributed by atoms with van der Waals surface area (Å²) in [6, 6.07) is 20.4. The molecule has 0 nitrogen and oxygen atoms in total. The van der Waals surface area contributed by atoms with Crippen molar-refractivity contribution in [1.29, 1.82) is 0 Å². The van der Waals surface area contributed by atoms with Crippen molar-refractivity contribution < 1.29 is 0 Å². The summed E-state index contributed by atoms with van der Waals surface area (Å²) in [6.07, 6.45) is 0. The maximum absolute atomic E-state index is 2.60. The molecule has 0 aliphatic carbocycles. The second kappa shape index (κ2) is 5.43. The monoisotopic (exact) mass is 351 g/mol. The van der Waals surface area contributed by atoms with Crippen molar-refractivity contribution in [3.63, 3.8) is 0 Å². The lowest BCUT2D eigenvalue weighted by Gasteiger charge is -2.32. The third-order valence-corrected chi connectivity index (χ3v) is 13.3. The van der Waals surface area contributed by atoms with Crippen LogP contribution in [0.2, 0.25) is 26.2 Å². The maximum Gasteiger partial charge on any atom is 0.0906 e. The predicted octanol–water partition coefficient (Wildman–Crippen LogP) is 5.53. The van der Waals surface area contributed by atoms with Crippen molar-refractivity contribution in [2.75, 3.05) is 0 Å². The van der Waals surface area contributed by atoms with Crippen molar-refractivity contribution in [2.24, 2.45) is 0 Å². The fourth-order valence-electron chi connectivity index (χ4n) is 4.54. The predicted molar refractivity (Wildman–Crippen MR) is 108 cm³/mol. The second-order valence-corrected chi connectivity index (χ2v) is 15.9. The molecule has 0 bridgehead atoms. The Bertz CT molecular complexity index is 848. The van der Waals surface area contributed by atoms with Gasteiger partial charge in [-0.1, -0.05) is 74.7 Å². The standard InChI is InChI=1S/C20H23SSi2/c1-22(2)18-17-20(15-12-8-9-13-16(15)21-17)23(3,4)19(18)14-10-6-5-7-11-14/h5-13,18-19H,1-4H3/t18-,19+/m1/s1. The average molecular weight is 352 g/mol. The summed E-state index contributed by atoms with van der Waals surface area (Å²) in [5.74, 6) is 0. The zero-order valence-electron chi connectivity index (χ0n) is 14.3. The number of benzene rings is 2. The summed E-state index contributed by atoms with van der Waals surface area (Å²) >= 11 is 2.08. The second-order valence-electron chi connectivity index (χ2n) is 7.50. The molecule has 0 N–H and O–H groups in total. The third-order valence-electron chi connectivity index (χ3n) is 5.44. The molecule has 3 aromatic rings. The molecule has 1 aliphatic rings. The molecule has 1 aliphatic heterocycles. The van der Waals surface area contributed by atoms with E-state index in [4.69, 9.17) is 0 Å². The SMILES string of the molecule is C[Si](C)[C@@H]1c2sc3ccccc3c2[Si](C)(C)[C@H]1c1ccccc1. The van der Waals surface area contributed by atoms with Crippen molar-refractivity contribution in [1.82, 2.24) is 0 Å². The Morgan fingerprint density at radius 1 is 0.913 bits per heavy atom. The number of hydrogen-bond donors (Lipinski definition) is 0. The van der Waals surface area contributed by atoms with Crippen molar-refractivity contribution in [3.05, 3.63) is 65.0 Å². The molecule has 117 valence electrons.